The fraction of sp³-hybridized carbons (Fsp3) is 0.467. The van der Waals surface area contributed by atoms with Crippen molar-refractivity contribution in [1.29, 1.82) is 0 Å². The number of halogens is 1. The van der Waals surface area contributed by atoms with Crippen molar-refractivity contribution in [2.24, 2.45) is 0 Å². The molecule has 5 nitrogen and oxygen atoms in total. The van der Waals surface area contributed by atoms with Crippen LogP contribution in [0.2, 0.25) is 5.02 Å². The van der Waals surface area contributed by atoms with E-state index in [1.165, 1.54) is 6.92 Å². The maximum atomic E-state index is 12.3. The second kappa shape index (κ2) is 6.35. The Balaban J connectivity index is 2.03. The Kier molecular flexibility index (Phi) is 4.73. The van der Waals surface area contributed by atoms with E-state index in [0.29, 0.717) is 18.1 Å². The zero-order valence-electron chi connectivity index (χ0n) is 12.5. The van der Waals surface area contributed by atoms with Crippen molar-refractivity contribution in [2.45, 2.75) is 33.2 Å². The molecule has 0 unspecified atom stereocenters. The van der Waals surface area contributed by atoms with Gasteiger partial charge in [0, 0.05) is 36.8 Å². The van der Waals surface area contributed by atoms with Gasteiger partial charge in [0.05, 0.1) is 0 Å². The largest absolute Gasteiger partial charge is 0.352 e. The van der Waals surface area contributed by atoms with E-state index in [4.69, 9.17) is 11.6 Å². The van der Waals surface area contributed by atoms with Gasteiger partial charge in [0.15, 0.2) is 0 Å². The summed E-state index contributed by atoms with van der Waals surface area (Å²) in [4.78, 5) is 25.1. The average Bonchev–Trinajstić information content (AvgIpc) is 2.86. The van der Waals surface area contributed by atoms with Gasteiger partial charge in [-0.3, -0.25) is 4.79 Å². The van der Waals surface area contributed by atoms with E-state index in [0.717, 1.165) is 23.2 Å². The van der Waals surface area contributed by atoms with Crippen LogP contribution in [0.3, 0.4) is 0 Å². The number of amides is 3. The molecule has 1 aliphatic heterocycles. The predicted octanol–water partition coefficient (Wildman–Crippen LogP) is 2.70. The van der Waals surface area contributed by atoms with Gasteiger partial charge in [-0.15, -0.1) is 0 Å². The molecule has 1 aliphatic rings. The van der Waals surface area contributed by atoms with Crippen molar-refractivity contribution >= 4 is 29.2 Å². The number of carbonyl (C=O) groups excluding carboxylic acids is 2. The number of nitrogens with zero attached hydrogens (tertiary/aromatic N) is 1. The summed E-state index contributed by atoms with van der Waals surface area (Å²) in [6.45, 7) is 6.47. The number of aryl methyl sites for hydroxylation is 1. The maximum Gasteiger partial charge on any atom is 0.321 e. The van der Waals surface area contributed by atoms with Crippen LogP contribution in [0.4, 0.5) is 10.5 Å². The molecular formula is C15H20ClN3O2. The molecule has 1 fully saturated rings. The lowest BCUT2D eigenvalue weighted by Crippen LogP contribution is -2.39. The lowest BCUT2D eigenvalue weighted by Gasteiger charge is -2.20. The third-order valence-electron chi connectivity index (χ3n) is 3.72. The maximum absolute atomic E-state index is 12.3. The van der Waals surface area contributed by atoms with Gasteiger partial charge in [-0.25, -0.2) is 4.79 Å². The average molecular weight is 310 g/mol. The molecule has 1 atom stereocenters. The summed E-state index contributed by atoms with van der Waals surface area (Å²) in [5.41, 5.74) is 2.60. The van der Waals surface area contributed by atoms with E-state index >= 15 is 0 Å². The third-order valence-corrected chi connectivity index (χ3v) is 4.13. The van der Waals surface area contributed by atoms with Gasteiger partial charge in [-0.1, -0.05) is 17.7 Å². The molecule has 21 heavy (non-hydrogen) atoms. The summed E-state index contributed by atoms with van der Waals surface area (Å²) in [6.07, 6.45) is 0.778. The molecule has 114 valence electrons. The van der Waals surface area contributed by atoms with Crippen molar-refractivity contribution in [2.75, 3.05) is 18.4 Å². The highest BCUT2D eigenvalue weighted by molar-refractivity contribution is 6.31. The zero-order chi connectivity index (χ0) is 15.6. The molecule has 2 N–H and O–H groups in total. The van der Waals surface area contributed by atoms with Gasteiger partial charge in [0.2, 0.25) is 5.91 Å². The summed E-state index contributed by atoms with van der Waals surface area (Å²) in [5, 5.41) is 6.40. The number of hydrogen-bond acceptors (Lipinski definition) is 2. The van der Waals surface area contributed by atoms with Gasteiger partial charge in [0.1, 0.15) is 0 Å². The standard InChI is InChI=1S/C15H20ClN3O2/c1-9-4-5-13(16)10(2)14(9)18-15(21)19-7-6-12(8-19)17-11(3)20/h4-5,12H,6-8H2,1-3H3,(H,17,20)(H,18,21)/t12-/m1/s1. The van der Waals surface area contributed by atoms with Crippen LogP contribution in [0.5, 0.6) is 0 Å². The summed E-state index contributed by atoms with van der Waals surface area (Å²) in [5.74, 6) is -0.0659. The Bertz CT molecular complexity index is 574. The van der Waals surface area contributed by atoms with Crippen molar-refractivity contribution < 1.29 is 9.59 Å². The fourth-order valence-electron chi connectivity index (χ4n) is 2.55. The van der Waals surface area contributed by atoms with Crippen LogP contribution >= 0.6 is 11.6 Å². The minimum atomic E-state index is -0.156. The Morgan fingerprint density at radius 1 is 1.33 bits per heavy atom. The zero-order valence-corrected chi connectivity index (χ0v) is 13.3. The van der Waals surface area contributed by atoms with E-state index in [2.05, 4.69) is 10.6 Å². The van der Waals surface area contributed by atoms with E-state index in [1.807, 2.05) is 26.0 Å². The summed E-state index contributed by atoms with van der Waals surface area (Å²) in [7, 11) is 0. The Labute approximate surface area is 129 Å². The van der Waals surface area contributed by atoms with Crippen LogP contribution in [0.25, 0.3) is 0 Å². The van der Waals surface area contributed by atoms with Crippen LogP contribution in [0, 0.1) is 13.8 Å². The van der Waals surface area contributed by atoms with Crippen molar-refractivity contribution in [3.63, 3.8) is 0 Å². The molecule has 1 heterocycles. The number of hydrogen-bond donors (Lipinski definition) is 2. The number of carbonyl (C=O) groups is 2. The van der Waals surface area contributed by atoms with Gasteiger partial charge in [0.25, 0.3) is 0 Å². The molecule has 6 heteroatoms. The molecule has 0 bridgehead atoms. The first-order valence-corrected chi connectivity index (χ1v) is 7.35. The van der Waals surface area contributed by atoms with Gasteiger partial charge >= 0.3 is 6.03 Å². The van der Waals surface area contributed by atoms with Crippen LogP contribution in [-0.4, -0.2) is 36.0 Å². The van der Waals surface area contributed by atoms with Crippen LogP contribution in [0.1, 0.15) is 24.5 Å². The Morgan fingerprint density at radius 3 is 2.71 bits per heavy atom. The summed E-state index contributed by atoms with van der Waals surface area (Å²) in [6, 6.07) is 3.59. The predicted molar refractivity (Wildman–Crippen MR) is 83.7 cm³/mol. The second-order valence-corrected chi connectivity index (χ2v) is 5.83. The lowest BCUT2D eigenvalue weighted by atomic mass is 10.1. The number of urea groups is 1. The smallest absolute Gasteiger partial charge is 0.321 e. The molecule has 0 aliphatic carbocycles. The van der Waals surface area contributed by atoms with Crippen LogP contribution in [0.15, 0.2) is 12.1 Å². The SMILES string of the molecule is CC(=O)N[C@@H]1CCN(C(=O)Nc2c(C)ccc(Cl)c2C)C1. The van der Waals surface area contributed by atoms with Crippen molar-refractivity contribution in [1.82, 2.24) is 10.2 Å². The molecule has 3 amide bonds. The van der Waals surface area contributed by atoms with Gasteiger partial charge in [-0.05, 0) is 37.5 Å². The topological polar surface area (TPSA) is 61.4 Å². The van der Waals surface area contributed by atoms with E-state index in [-0.39, 0.29) is 18.0 Å². The monoisotopic (exact) mass is 309 g/mol. The molecule has 2 rings (SSSR count). The normalized spacial score (nSPS) is 17.7. The molecular weight excluding hydrogens is 290 g/mol. The number of benzene rings is 1. The fourth-order valence-corrected chi connectivity index (χ4v) is 2.71. The minimum Gasteiger partial charge on any atom is -0.352 e. The molecule has 0 aromatic heterocycles. The van der Waals surface area contributed by atoms with Crippen molar-refractivity contribution in [3.8, 4) is 0 Å². The number of likely N-dealkylation sites (tertiary alicyclic amines) is 1. The second-order valence-electron chi connectivity index (χ2n) is 5.43. The molecule has 1 aromatic rings. The Morgan fingerprint density at radius 2 is 2.05 bits per heavy atom. The highest BCUT2D eigenvalue weighted by Gasteiger charge is 2.27. The molecule has 1 saturated heterocycles. The quantitative estimate of drug-likeness (QED) is 0.882. The van der Waals surface area contributed by atoms with E-state index in [1.54, 1.807) is 4.90 Å². The summed E-state index contributed by atoms with van der Waals surface area (Å²) >= 11 is 6.10. The number of anilines is 1. The lowest BCUT2D eigenvalue weighted by molar-refractivity contribution is -0.119. The first kappa shape index (κ1) is 15.6. The highest BCUT2D eigenvalue weighted by Crippen LogP contribution is 2.27. The third kappa shape index (κ3) is 3.67. The van der Waals surface area contributed by atoms with E-state index < -0.39 is 0 Å². The molecule has 1 aromatic carbocycles. The van der Waals surface area contributed by atoms with Crippen LogP contribution in [-0.2, 0) is 4.79 Å². The summed E-state index contributed by atoms with van der Waals surface area (Å²) < 4.78 is 0. The van der Waals surface area contributed by atoms with Gasteiger partial charge in [-0.2, -0.15) is 0 Å². The Hall–Kier alpha value is -1.75. The van der Waals surface area contributed by atoms with Crippen LogP contribution < -0.4 is 10.6 Å². The molecule has 0 spiro atoms. The molecule has 0 radical (unpaired) electrons. The van der Waals surface area contributed by atoms with Crippen molar-refractivity contribution in [3.05, 3.63) is 28.3 Å². The highest BCUT2D eigenvalue weighted by atomic mass is 35.5. The first-order valence-electron chi connectivity index (χ1n) is 6.97. The first-order chi connectivity index (χ1) is 9.88. The molecule has 0 saturated carbocycles. The van der Waals surface area contributed by atoms with Gasteiger partial charge < -0.3 is 15.5 Å². The number of nitrogens with one attached hydrogen (secondary N) is 2. The van der Waals surface area contributed by atoms with E-state index in [9.17, 15) is 9.59 Å². The number of rotatable bonds is 2. The minimum absolute atomic E-state index is 0.0369.